The molecule has 1 fully saturated rings. The van der Waals surface area contributed by atoms with Gasteiger partial charge in [-0.15, -0.1) is 11.8 Å². The van der Waals surface area contributed by atoms with E-state index in [-0.39, 0.29) is 17.9 Å². The first-order valence-corrected chi connectivity index (χ1v) is 13.8. The molecule has 34 heavy (non-hydrogen) atoms. The van der Waals surface area contributed by atoms with Gasteiger partial charge in [-0.3, -0.25) is 9.59 Å². The maximum absolute atomic E-state index is 13.6. The van der Waals surface area contributed by atoms with Crippen molar-refractivity contribution in [3.8, 4) is 0 Å². The molecule has 0 atom stereocenters. The molecule has 0 radical (unpaired) electrons. The van der Waals surface area contributed by atoms with E-state index in [9.17, 15) is 9.59 Å². The minimum Gasteiger partial charge on any atom is -0.349 e. The summed E-state index contributed by atoms with van der Waals surface area (Å²) in [4.78, 5) is 31.5. The topological polar surface area (TPSA) is 49.4 Å². The predicted molar refractivity (Wildman–Crippen MR) is 140 cm³/mol. The summed E-state index contributed by atoms with van der Waals surface area (Å²) in [6.07, 6.45) is 7.77. The molecule has 3 aromatic carbocycles. The largest absolute Gasteiger partial charge is 0.349 e. The molecule has 1 N–H and O–H groups in total. The van der Waals surface area contributed by atoms with Crippen LogP contribution < -0.4 is 10.2 Å². The lowest BCUT2D eigenvalue weighted by Gasteiger charge is -2.24. The molecule has 0 aromatic heterocycles. The van der Waals surface area contributed by atoms with Gasteiger partial charge < -0.3 is 10.2 Å². The number of anilines is 1. The monoisotopic (exact) mass is 488 g/mol. The molecule has 5 rings (SSSR count). The molecule has 0 spiro atoms. The lowest BCUT2D eigenvalue weighted by molar-refractivity contribution is 0.0927. The molecule has 0 bridgehead atoms. The minimum absolute atomic E-state index is 0.0183. The molecule has 4 nitrogen and oxygen atoms in total. The van der Waals surface area contributed by atoms with Crippen LogP contribution in [0.4, 0.5) is 5.69 Å². The van der Waals surface area contributed by atoms with Crippen molar-refractivity contribution in [2.24, 2.45) is 0 Å². The van der Waals surface area contributed by atoms with Gasteiger partial charge in [-0.2, -0.15) is 0 Å². The first-order valence-electron chi connectivity index (χ1n) is 11.8. The number of hydrogen-bond acceptors (Lipinski definition) is 4. The second-order valence-electron chi connectivity index (χ2n) is 8.83. The Morgan fingerprint density at radius 1 is 1.00 bits per heavy atom. The zero-order chi connectivity index (χ0) is 23.5. The molecule has 6 heteroatoms. The zero-order valence-corrected chi connectivity index (χ0v) is 20.9. The first-order chi connectivity index (χ1) is 16.6. The summed E-state index contributed by atoms with van der Waals surface area (Å²) in [5, 5.41) is 3.22. The number of fused-ring (bicyclic) bond motifs is 2. The fraction of sp³-hybridized carbons (Fsp3) is 0.286. The third-order valence-corrected chi connectivity index (χ3v) is 8.40. The Morgan fingerprint density at radius 2 is 1.76 bits per heavy atom. The van der Waals surface area contributed by atoms with Crippen molar-refractivity contribution in [1.82, 2.24) is 5.32 Å². The van der Waals surface area contributed by atoms with Gasteiger partial charge in [0.1, 0.15) is 0 Å². The van der Waals surface area contributed by atoms with Crippen molar-refractivity contribution in [3.05, 3.63) is 83.4 Å². The van der Waals surface area contributed by atoms with Crippen molar-refractivity contribution >= 4 is 41.0 Å². The second kappa shape index (κ2) is 10.3. The summed E-state index contributed by atoms with van der Waals surface area (Å²) in [5.41, 5.74) is 3.25. The van der Waals surface area contributed by atoms with Crippen LogP contribution >= 0.6 is 23.5 Å². The molecule has 1 saturated carbocycles. The molecular formula is C28H28N2O2S2. The summed E-state index contributed by atoms with van der Waals surface area (Å²) < 4.78 is 0. The Hall–Kier alpha value is -2.70. The molecule has 3 aromatic rings. The Kier molecular flexibility index (Phi) is 6.97. The highest BCUT2D eigenvalue weighted by Gasteiger charge is 2.28. The number of carbonyl (C=O) groups is 2. The van der Waals surface area contributed by atoms with Crippen LogP contribution in [0.3, 0.4) is 0 Å². The fourth-order valence-corrected chi connectivity index (χ4v) is 6.18. The number of carbonyl (C=O) groups excluding carboxylic acids is 2. The maximum Gasteiger partial charge on any atom is 0.259 e. The summed E-state index contributed by atoms with van der Waals surface area (Å²) in [6, 6.07) is 22.0. The van der Waals surface area contributed by atoms with Crippen LogP contribution in [-0.2, 0) is 6.54 Å². The van der Waals surface area contributed by atoms with E-state index >= 15 is 0 Å². The van der Waals surface area contributed by atoms with Gasteiger partial charge in [0.05, 0.1) is 17.8 Å². The number of nitrogens with zero attached hydrogens (tertiary/aromatic N) is 1. The lowest BCUT2D eigenvalue weighted by atomic mass is 9.95. The van der Waals surface area contributed by atoms with Gasteiger partial charge in [-0.25, -0.2) is 0 Å². The molecule has 0 unspecified atom stereocenters. The maximum atomic E-state index is 13.6. The van der Waals surface area contributed by atoms with E-state index in [1.165, 1.54) is 24.2 Å². The zero-order valence-electron chi connectivity index (χ0n) is 19.3. The first kappa shape index (κ1) is 23.1. The van der Waals surface area contributed by atoms with Crippen LogP contribution in [-0.4, -0.2) is 24.1 Å². The highest BCUT2D eigenvalue weighted by molar-refractivity contribution is 7.99. The Labute approximate surface area is 209 Å². The van der Waals surface area contributed by atoms with E-state index < -0.39 is 0 Å². The van der Waals surface area contributed by atoms with E-state index in [0.717, 1.165) is 33.9 Å². The predicted octanol–water partition coefficient (Wildman–Crippen LogP) is 6.78. The van der Waals surface area contributed by atoms with Crippen LogP contribution in [0.15, 0.2) is 81.4 Å². The molecule has 2 amide bonds. The average Bonchev–Trinajstić information content (AvgIpc) is 2.99. The van der Waals surface area contributed by atoms with Crippen LogP contribution in [0.2, 0.25) is 0 Å². The average molecular weight is 489 g/mol. The molecule has 1 aliphatic heterocycles. The molecule has 2 aliphatic rings. The van der Waals surface area contributed by atoms with E-state index in [4.69, 9.17) is 0 Å². The van der Waals surface area contributed by atoms with Gasteiger partial charge in [0.2, 0.25) is 0 Å². The van der Waals surface area contributed by atoms with E-state index in [0.29, 0.717) is 17.7 Å². The number of benzene rings is 3. The minimum atomic E-state index is -0.0293. The third kappa shape index (κ3) is 4.89. The van der Waals surface area contributed by atoms with Gasteiger partial charge in [0, 0.05) is 26.3 Å². The van der Waals surface area contributed by atoms with Crippen LogP contribution in [0.25, 0.3) is 0 Å². The highest BCUT2D eigenvalue weighted by atomic mass is 32.2. The SMILES string of the molecule is CSc1ccc(CN2C(=O)c3ccccc3Sc3cc(C(=O)NC4CCCCC4)ccc32)cc1. The molecule has 174 valence electrons. The molecule has 1 heterocycles. The summed E-state index contributed by atoms with van der Waals surface area (Å²) in [6.45, 7) is 0.475. The Bertz CT molecular complexity index is 1200. The van der Waals surface area contributed by atoms with Crippen molar-refractivity contribution in [3.63, 3.8) is 0 Å². The molecular weight excluding hydrogens is 460 g/mol. The standard InChI is InChI=1S/C28H28N2O2S2/c1-33-22-14-11-19(12-15-22)18-30-24-16-13-20(27(31)29-21-7-3-2-4-8-21)17-26(24)34-25-10-6-5-9-23(25)28(30)32/h5-6,9-17,21H,2-4,7-8,18H2,1H3,(H,29,31). The van der Waals surface area contributed by atoms with Crippen molar-refractivity contribution in [2.75, 3.05) is 11.2 Å². The van der Waals surface area contributed by atoms with Crippen LogP contribution in [0.1, 0.15) is 58.4 Å². The van der Waals surface area contributed by atoms with Gasteiger partial charge in [-0.1, -0.05) is 55.3 Å². The van der Waals surface area contributed by atoms with Gasteiger partial charge in [0.25, 0.3) is 11.8 Å². The highest BCUT2D eigenvalue weighted by Crippen LogP contribution is 2.42. The number of thioether (sulfide) groups is 1. The Morgan fingerprint density at radius 3 is 2.53 bits per heavy atom. The van der Waals surface area contributed by atoms with Gasteiger partial charge >= 0.3 is 0 Å². The number of rotatable bonds is 5. The van der Waals surface area contributed by atoms with Crippen LogP contribution in [0.5, 0.6) is 0 Å². The summed E-state index contributed by atoms with van der Waals surface area (Å²) in [5.74, 6) is -0.0476. The molecule has 0 saturated heterocycles. The number of nitrogens with one attached hydrogen (secondary N) is 1. The lowest BCUT2D eigenvalue weighted by Crippen LogP contribution is -2.36. The fourth-order valence-electron chi connectivity index (χ4n) is 4.65. The Balaban J connectivity index is 1.48. The van der Waals surface area contributed by atoms with Crippen molar-refractivity contribution in [1.29, 1.82) is 0 Å². The van der Waals surface area contributed by atoms with E-state index in [2.05, 4.69) is 35.8 Å². The summed E-state index contributed by atoms with van der Waals surface area (Å²) in [7, 11) is 0. The van der Waals surface area contributed by atoms with E-state index in [1.807, 2.05) is 47.4 Å². The normalized spacial score (nSPS) is 15.9. The van der Waals surface area contributed by atoms with Crippen molar-refractivity contribution < 1.29 is 9.59 Å². The number of amides is 2. The quantitative estimate of drug-likeness (QED) is 0.402. The number of hydrogen-bond donors (Lipinski definition) is 1. The van der Waals surface area contributed by atoms with Crippen molar-refractivity contribution in [2.45, 2.75) is 59.4 Å². The van der Waals surface area contributed by atoms with Gasteiger partial charge in [0.15, 0.2) is 0 Å². The van der Waals surface area contributed by atoms with Crippen LogP contribution in [0, 0.1) is 0 Å². The van der Waals surface area contributed by atoms with Gasteiger partial charge in [-0.05, 0) is 67.1 Å². The second-order valence-corrected chi connectivity index (χ2v) is 10.8. The summed E-state index contributed by atoms with van der Waals surface area (Å²) >= 11 is 3.26. The third-order valence-electron chi connectivity index (χ3n) is 6.54. The van der Waals surface area contributed by atoms with E-state index in [1.54, 1.807) is 23.5 Å². The smallest absolute Gasteiger partial charge is 0.259 e. The molecule has 1 aliphatic carbocycles.